The maximum atomic E-state index is 8.87. The SMILES string of the molecule is OCCCn1cc(Nc2nc(NCC3CC3)c3cc[nH]c3n2)nn1. The molecular weight excluding hydrogens is 308 g/mol. The number of nitrogens with one attached hydrogen (secondary N) is 3. The lowest BCUT2D eigenvalue weighted by molar-refractivity contribution is 0.276. The van der Waals surface area contributed by atoms with E-state index in [1.165, 1.54) is 12.8 Å². The van der Waals surface area contributed by atoms with E-state index in [2.05, 4.69) is 35.9 Å². The van der Waals surface area contributed by atoms with Crippen molar-refractivity contribution in [1.29, 1.82) is 0 Å². The van der Waals surface area contributed by atoms with E-state index in [-0.39, 0.29) is 6.61 Å². The molecule has 1 fully saturated rings. The van der Waals surface area contributed by atoms with Gasteiger partial charge in [-0.1, -0.05) is 5.21 Å². The fourth-order valence-electron chi connectivity index (χ4n) is 2.51. The van der Waals surface area contributed by atoms with E-state index >= 15 is 0 Å². The molecule has 0 spiro atoms. The Morgan fingerprint density at radius 2 is 2.25 bits per heavy atom. The van der Waals surface area contributed by atoms with Crippen LogP contribution in [0.4, 0.5) is 17.6 Å². The highest BCUT2D eigenvalue weighted by Crippen LogP contribution is 2.30. The molecule has 3 heterocycles. The second-order valence-corrected chi connectivity index (χ2v) is 6.03. The Morgan fingerprint density at radius 1 is 1.33 bits per heavy atom. The third kappa shape index (κ3) is 3.30. The highest BCUT2D eigenvalue weighted by atomic mass is 16.3. The van der Waals surface area contributed by atoms with Gasteiger partial charge in [-0.05, 0) is 31.2 Å². The number of hydrogen-bond donors (Lipinski definition) is 4. The van der Waals surface area contributed by atoms with Crippen LogP contribution in [0.3, 0.4) is 0 Å². The third-order valence-electron chi connectivity index (χ3n) is 3.99. The van der Waals surface area contributed by atoms with Crippen molar-refractivity contribution in [1.82, 2.24) is 29.9 Å². The normalized spacial score (nSPS) is 14.2. The lowest BCUT2D eigenvalue weighted by atomic mass is 10.3. The lowest BCUT2D eigenvalue weighted by Gasteiger charge is -2.08. The van der Waals surface area contributed by atoms with Crippen LogP contribution in [-0.4, -0.2) is 48.2 Å². The van der Waals surface area contributed by atoms with Crippen molar-refractivity contribution in [3.8, 4) is 0 Å². The molecule has 0 aliphatic heterocycles. The van der Waals surface area contributed by atoms with Crippen LogP contribution in [0.25, 0.3) is 11.0 Å². The Hall–Kier alpha value is -2.68. The van der Waals surface area contributed by atoms with Gasteiger partial charge in [0.1, 0.15) is 11.5 Å². The van der Waals surface area contributed by atoms with E-state index in [1.807, 2.05) is 12.3 Å². The molecule has 0 unspecified atom stereocenters. The van der Waals surface area contributed by atoms with Crippen LogP contribution >= 0.6 is 0 Å². The van der Waals surface area contributed by atoms with E-state index in [0.29, 0.717) is 24.7 Å². The molecule has 0 aromatic carbocycles. The first-order valence-electron chi connectivity index (χ1n) is 8.19. The number of hydrogen-bond acceptors (Lipinski definition) is 7. The van der Waals surface area contributed by atoms with Gasteiger partial charge in [0.25, 0.3) is 0 Å². The molecule has 4 N–H and O–H groups in total. The summed E-state index contributed by atoms with van der Waals surface area (Å²) in [6.07, 6.45) is 6.85. The summed E-state index contributed by atoms with van der Waals surface area (Å²) in [5.74, 6) is 2.63. The van der Waals surface area contributed by atoms with E-state index in [4.69, 9.17) is 5.11 Å². The van der Waals surface area contributed by atoms with Crippen LogP contribution in [0.5, 0.6) is 0 Å². The highest BCUT2D eigenvalue weighted by molar-refractivity contribution is 5.88. The molecule has 1 aliphatic rings. The molecule has 1 aliphatic carbocycles. The fourth-order valence-corrected chi connectivity index (χ4v) is 2.51. The van der Waals surface area contributed by atoms with Crippen molar-refractivity contribution in [2.24, 2.45) is 5.92 Å². The molecule has 9 nitrogen and oxygen atoms in total. The molecule has 1 saturated carbocycles. The molecule has 3 aromatic rings. The van der Waals surface area contributed by atoms with Crippen molar-refractivity contribution >= 4 is 28.6 Å². The molecule has 0 atom stereocenters. The smallest absolute Gasteiger partial charge is 0.232 e. The number of aliphatic hydroxyl groups is 1. The topological polar surface area (TPSA) is 117 Å². The van der Waals surface area contributed by atoms with Crippen molar-refractivity contribution in [3.05, 3.63) is 18.5 Å². The number of aromatic nitrogens is 6. The van der Waals surface area contributed by atoms with Crippen LogP contribution in [0.1, 0.15) is 19.3 Å². The summed E-state index contributed by atoms with van der Waals surface area (Å²) in [6.45, 7) is 1.69. The van der Waals surface area contributed by atoms with Gasteiger partial charge in [-0.15, -0.1) is 5.10 Å². The second kappa shape index (κ2) is 6.44. The van der Waals surface area contributed by atoms with Gasteiger partial charge in [0.15, 0.2) is 5.82 Å². The zero-order valence-electron chi connectivity index (χ0n) is 13.2. The summed E-state index contributed by atoms with van der Waals surface area (Å²) in [5.41, 5.74) is 0.776. The van der Waals surface area contributed by atoms with E-state index in [0.717, 1.165) is 29.3 Å². The maximum Gasteiger partial charge on any atom is 0.232 e. The molecule has 3 aromatic heterocycles. The van der Waals surface area contributed by atoms with E-state index in [9.17, 15) is 0 Å². The van der Waals surface area contributed by atoms with Gasteiger partial charge in [0.05, 0.1) is 11.6 Å². The molecule has 4 rings (SSSR count). The Balaban J connectivity index is 1.53. The summed E-state index contributed by atoms with van der Waals surface area (Å²) < 4.78 is 1.68. The van der Waals surface area contributed by atoms with Crippen molar-refractivity contribution in [3.63, 3.8) is 0 Å². The first-order valence-corrected chi connectivity index (χ1v) is 8.19. The molecule has 126 valence electrons. The quantitative estimate of drug-likeness (QED) is 0.495. The largest absolute Gasteiger partial charge is 0.396 e. The average molecular weight is 328 g/mol. The molecular formula is C15H20N8O. The molecule has 0 saturated heterocycles. The predicted octanol–water partition coefficient (Wildman–Crippen LogP) is 1.50. The number of anilines is 3. The molecule has 24 heavy (non-hydrogen) atoms. The van der Waals surface area contributed by atoms with Gasteiger partial charge in [0, 0.05) is 25.9 Å². The second-order valence-electron chi connectivity index (χ2n) is 6.03. The summed E-state index contributed by atoms with van der Waals surface area (Å²) in [7, 11) is 0. The number of aryl methyl sites for hydroxylation is 1. The highest BCUT2D eigenvalue weighted by Gasteiger charge is 2.21. The summed E-state index contributed by atoms with van der Waals surface area (Å²) >= 11 is 0. The molecule has 9 heteroatoms. The van der Waals surface area contributed by atoms with Crippen LogP contribution in [0, 0.1) is 5.92 Å². The zero-order valence-corrected chi connectivity index (χ0v) is 13.2. The Morgan fingerprint density at radius 3 is 3.08 bits per heavy atom. The Bertz CT molecular complexity index is 822. The Kier molecular flexibility index (Phi) is 3.99. The number of aromatic amines is 1. The van der Waals surface area contributed by atoms with Gasteiger partial charge in [0.2, 0.25) is 5.95 Å². The fraction of sp³-hybridized carbons (Fsp3) is 0.467. The predicted molar refractivity (Wildman–Crippen MR) is 90.1 cm³/mol. The summed E-state index contributed by atoms with van der Waals surface area (Å²) in [4.78, 5) is 12.2. The van der Waals surface area contributed by atoms with E-state index < -0.39 is 0 Å². The summed E-state index contributed by atoms with van der Waals surface area (Å²) in [6, 6.07) is 1.97. The first-order chi connectivity index (χ1) is 11.8. The maximum absolute atomic E-state index is 8.87. The van der Waals surface area contributed by atoms with Gasteiger partial charge in [-0.3, -0.25) is 4.68 Å². The van der Waals surface area contributed by atoms with E-state index in [1.54, 1.807) is 10.9 Å². The Labute approximate surface area is 138 Å². The molecule has 0 radical (unpaired) electrons. The van der Waals surface area contributed by atoms with Crippen LogP contribution < -0.4 is 10.6 Å². The number of nitrogens with zero attached hydrogens (tertiary/aromatic N) is 5. The van der Waals surface area contributed by atoms with Crippen LogP contribution in [0.2, 0.25) is 0 Å². The average Bonchev–Trinajstić information content (AvgIpc) is 3.11. The van der Waals surface area contributed by atoms with Gasteiger partial charge >= 0.3 is 0 Å². The minimum Gasteiger partial charge on any atom is -0.396 e. The standard InChI is InChI=1S/C15H20N8O/c24-7-1-6-23-9-12(21-22-23)18-15-19-13-11(4-5-16-13)14(20-15)17-8-10-2-3-10/h4-5,9-10,24H,1-3,6-8H2,(H3,16,17,18,19,20). The zero-order chi connectivity index (χ0) is 16.4. The van der Waals surface area contributed by atoms with Crippen LogP contribution in [-0.2, 0) is 6.54 Å². The minimum atomic E-state index is 0.130. The lowest BCUT2D eigenvalue weighted by Crippen LogP contribution is -2.07. The van der Waals surface area contributed by atoms with Crippen molar-refractivity contribution in [2.75, 3.05) is 23.8 Å². The summed E-state index contributed by atoms with van der Waals surface area (Å²) in [5, 5.41) is 24.4. The number of H-pyrrole nitrogens is 1. The van der Waals surface area contributed by atoms with Gasteiger partial charge < -0.3 is 20.7 Å². The monoisotopic (exact) mass is 328 g/mol. The molecule has 0 bridgehead atoms. The third-order valence-corrected chi connectivity index (χ3v) is 3.99. The minimum absolute atomic E-state index is 0.130. The van der Waals surface area contributed by atoms with Gasteiger partial charge in [-0.25, -0.2) is 0 Å². The number of fused-ring (bicyclic) bond motifs is 1. The molecule has 0 amide bonds. The van der Waals surface area contributed by atoms with Gasteiger partial charge in [-0.2, -0.15) is 9.97 Å². The first kappa shape index (κ1) is 14.9. The van der Waals surface area contributed by atoms with Crippen LogP contribution in [0.15, 0.2) is 18.5 Å². The number of aliphatic hydroxyl groups excluding tert-OH is 1. The number of rotatable bonds is 8. The van der Waals surface area contributed by atoms with Crippen molar-refractivity contribution in [2.45, 2.75) is 25.8 Å². The van der Waals surface area contributed by atoms with Crippen molar-refractivity contribution < 1.29 is 5.11 Å².